The summed E-state index contributed by atoms with van der Waals surface area (Å²) in [6.07, 6.45) is 0. The lowest BCUT2D eigenvalue weighted by Crippen LogP contribution is -2.50. The summed E-state index contributed by atoms with van der Waals surface area (Å²) in [5, 5.41) is 8.45. The maximum Gasteiger partial charge on any atom is 0.261 e. The summed E-state index contributed by atoms with van der Waals surface area (Å²) >= 11 is 7.03. The number of morpholine rings is 1. The smallest absolute Gasteiger partial charge is 0.261 e. The number of carbonyl (C=O) groups is 3. The van der Waals surface area contributed by atoms with E-state index in [1.807, 2.05) is 20.8 Å². The molecule has 0 saturated carbocycles. The Balaban J connectivity index is 1.68. The molecule has 2 aromatic rings. The van der Waals surface area contributed by atoms with Crippen LogP contribution in [0.4, 0.5) is 15.8 Å². The largest absolute Gasteiger partial charge is 0.370 e. The van der Waals surface area contributed by atoms with Crippen LogP contribution in [-0.4, -0.2) is 56.6 Å². The average molecular weight is 511 g/mol. The van der Waals surface area contributed by atoms with Gasteiger partial charge in [-0.15, -0.1) is 11.3 Å². The van der Waals surface area contributed by atoms with E-state index in [-0.39, 0.29) is 36.1 Å². The first-order valence-corrected chi connectivity index (χ1v) is 12.0. The molecule has 34 heavy (non-hydrogen) atoms. The van der Waals surface area contributed by atoms with Gasteiger partial charge >= 0.3 is 0 Å². The van der Waals surface area contributed by atoms with Crippen molar-refractivity contribution < 1.29 is 23.5 Å². The molecule has 1 aliphatic heterocycles. The molecule has 1 aromatic heterocycles. The number of hydrogen-bond acceptors (Lipinski definition) is 6. The highest BCUT2D eigenvalue weighted by molar-refractivity contribution is 7.18. The first kappa shape index (κ1) is 26.1. The molecule has 1 aromatic carbocycles. The topological polar surface area (TPSA) is 99.8 Å². The van der Waals surface area contributed by atoms with Crippen LogP contribution in [0, 0.1) is 11.2 Å². The molecule has 1 aliphatic rings. The van der Waals surface area contributed by atoms with E-state index >= 15 is 0 Å². The molecular weight excluding hydrogens is 483 g/mol. The van der Waals surface area contributed by atoms with Gasteiger partial charge in [-0.1, -0.05) is 32.4 Å². The Kier molecular flexibility index (Phi) is 8.64. The van der Waals surface area contributed by atoms with E-state index in [2.05, 4.69) is 16.0 Å². The first-order chi connectivity index (χ1) is 16.0. The maximum absolute atomic E-state index is 14.8. The Morgan fingerprint density at radius 2 is 2.03 bits per heavy atom. The van der Waals surface area contributed by atoms with E-state index in [1.54, 1.807) is 18.2 Å². The van der Waals surface area contributed by atoms with Gasteiger partial charge in [-0.3, -0.25) is 14.4 Å². The van der Waals surface area contributed by atoms with Crippen LogP contribution in [0.1, 0.15) is 30.4 Å². The molecule has 0 aliphatic carbocycles. The van der Waals surface area contributed by atoms with Crippen LogP contribution in [-0.2, 0) is 14.3 Å². The van der Waals surface area contributed by atoms with Crippen molar-refractivity contribution in [3.63, 3.8) is 0 Å². The highest BCUT2D eigenvalue weighted by Gasteiger charge is 2.25. The third kappa shape index (κ3) is 7.23. The Bertz CT molecular complexity index is 1060. The molecule has 11 heteroatoms. The van der Waals surface area contributed by atoms with Crippen molar-refractivity contribution in [2.24, 2.45) is 5.41 Å². The van der Waals surface area contributed by atoms with E-state index < -0.39 is 17.8 Å². The normalized spacial score (nSPS) is 15.2. The van der Waals surface area contributed by atoms with Gasteiger partial charge in [-0.25, -0.2) is 4.39 Å². The minimum Gasteiger partial charge on any atom is -0.370 e. The zero-order valence-electron chi connectivity index (χ0n) is 19.2. The van der Waals surface area contributed by atoms with Gasteiger partial charge in [0, 0.05) is 25.3 Å². The van der Waals surface area contributed by atoms with Gasteiger partial charge in [0.15, 0.2) is 0 Å². The van der Waals surface area contributed by atoms with Crippen LogP contribution in [0.3, 0.4) is 0 Å². The number of carbonyl (C=O) groups excluding carboxylic acids is 3. The maximum atomic E-state index is 14.8. The summed E-state index contributed by atoms with van der Waals surface area (Å²) in [6.45, 7) is 7.16. The van der Waals surface area contributed by atoms with Crippen LogP contribution in [0.2, 0.25) is 4.34 Å². The molecule has 2 heterocycles. The van der Waals surface area contributed by atoms with Gasteiger partial charge in [0.1, 0.15) is 18.5 Å². The molecule has 3 rings (SSSR count). The van der Waals surface area contributed by atoms with Crippen molar-refractivity contribution in [2.75, 3.05) is 43.1 Å². The van der Waals surface area contributed by atoms with Crippen LogP contribution < -0.4 is 20.9 Å². The number of rotatable bonds is 8. The molecular formula is C23H28ClFN4O4S. The summed E-state index contributed by atoms with van der Waals surface area (Å²) in [5.74, 6) is -1.77. The molecule has 1 atom stereocenters. The van der Waals surface area contributed by atoms with Crippen LogP contribution in [0.15, 0.2) is 30.3 Å². The zero-order chi connectivity index (χ0) is 24.9. The minimum absolute atomic E-state index is 0.00174. The Morgan fingerprint density at radius 1 is 1.26 bits per heavy atom. The lowest BCUT2D eigenvalue weighted by molar-refractivity contribution is -0.125. The lowest BCUT2D eigenvalue weighted by Gasteiger charge is -2.27. The summed E-state index contributed by atoms with van der Waals surface area (Å²) in [7, 11) is 0. The van der Waals surface area contributed by atoms with Crippen molar-refractivity contribution in [3.05, 3.63) is 45.4 Å². The second-order valence-electron chi connectivity index (χ2n) is 9.06. The van der Waals surface area contributed by atoms with Crippen molar-refractivity contribution in [1.29, 1.82) is 0 Å². The second kappa shape index (κ2) is 11.3. The highest BCUT2D eigenvalue weighted by Crippen LogP contribution is 2.24. The molecule has 0 bridgehead atoms. The van der Waals surface area contributed by atoms with Gasteiger partial charge in [-0.2, -0.15) is 0 Å². The summed E-state index contributed by atoms with van der Waals surface area (Å²) < 4.78 is 20.4. The van der Waals surface area contributed by atoms with E-state index in [0.29, 0.717) is 34.6 Å². The molecule has 3 N–H and O–H groups in total. The van der Waals surface area contributed by atoms with Gasteiger partial charge in [0.2, 0.25) is 5.91 Å². The predicted molar refractivity (Wildman–Crippen MR) is 131 cm³/mol. The van der Waals surface area contributed by atoms with Crippen molar-refractivity contribution in [2.45, 2.75) is 26.8 Å². The number of halogens is 2. The number of anilines is 2. The monoisotopic (exact) mass is 510 g/mol. The van der Waals surface area contributed by atoms with Gasteiger partial charge in [-0.05, 0) is 35.7 Å². The molecule has 3 amide bonds. The van der Waals surface area contributed by atoms with E-state index in [0.717, 1.165) is 11.3 Å². The number of hydrogen-bond donors (Lipinski definition) is 3. The molecule has 0 unspecified atom stereocenters. The SMILES string of the molecule is CC(C)(C)CN[C@@H](CNC(=O)c1ccc(Cl)s1)C(=O)Nc1ccc(N2CCOCC2=O)cc1F. The van der Waals surface area contributed by atoms with Gasteiger partial charge in [0.05, 0.1) is 21.5 Å². The molecule has 1 saturated heterocycles. The third-order valence-electron chi connectivity index (χ3n) is 4.97. The number of amides is 3. The van der Waals surface area contributed by atoms with E-state index in [9.17, 15) is 18.8 Å². The van der Waals surface area contributed by atoms with Crippen molar-refractivity contribution in [1.82, 2.24) is 10.6 Å². The van der Waals surface area contributed by atoms with Crippen LogP contribution in [0.25, 0.3) is 0 Å². The molecule has 0 radical (unpaired) electrons. The fourth-order valence-electron chi connectivity index (χ4n) is 3.19. The predicted octanol–water partition coefficient (Wildman–Crippen LogP) is 3.28. The molecule has 8 nitrogen and oxygen atoms in total. The number of ether oxygens (including phenoxy) is 1. The summed E-state index contributed by atoms with van der Waals surface area (Å²) in [4.78, 5) is 39.2. The quantitative estimate of drug-likeness (QED) is 0.506. The van der Waals surface area contributed by atoms with Gasteiger partial charge < -0.3 is 25.6 Å². The van der Waals surface area contributed by atoms with Crippen LogP contribution in [0.5, 0.6) is 0 Å². The number of benzene rings is 1. The summed E-state index contributed by atoms with van der Waals surface area (Å²) in [5.41, 5.74) is 0.253. The average Bonchev–Trinajstić information content (AvgIpc) is 3.21. The number of nitrogens with one attached hydrogen (secondary N) is 3. The standard InChI is InChI=1S/C23H28ClFN4O4S/c1-23(2,3)13-27-17(11-26-22(32)18-6-7-19(24)34-18)21(31)28-16-5-4-14(10-15(16)25)29-8-9-33-12-20(29)30/h4-7,10,17,27H,8-9,11-13H2,1-3H3,(H,26,32)(H,28,31)/t17-/m0/s1. The summed E-state index contributed by atoms with van der Waals surface area (Å²) in [6, 6.07) is 6.62. The van der Waals surface area contributed by atoms with Crippen molar-refractivity contribution in [3.8, 4) is 0 Å². The van der Waals surface area contributed by atoms with Crippen molar-refractivity contribution >= 4 is 52.0 Å². The second-order valence-corrected chi connectivity index (χ2v) is 10.8. The molecule has 1 fully saturated rings. The van der Waals surface area contributed by atoms with Gasteiger partial charge in [0.25, 0.3) is 11.8 Å². The third-order valence-corrected chi connectivity index (χ3v) is 6.20. The number of nitrogens with zero attached hydrogens (tertiary/aromatic N) is 1. The molecule has 184 valence electrons. The Labute approximate surface area is 206 Å². The highest BCUT2D eigenvalue weighted by atomic mass is 35.5. The Morgan fingerprint density at radius 3 is 2.65 bits per heavy atom. The minimum atomic E-state index is -0.807. The fraction of sp³-hybridized carbons (Fsp3) is 0.435. The lowest BCUT2D eigenvalue weighted by atomic mass is 9.96. The molecule has 0 spiro atoms. The Hall–Kier alpha value is -2.53. The van der Waals surface area contributed by atoms with E-state index in [1.165, 1.54) is 17.0 Å². The fourth-order valence-corrected chi connectivity index (χ4v) is 4.15. The first-order valence-electron chi connectivity index (χ1n) is 10.8. The van der Waals surface area contributed by atoms with Crippen LogP contribution >= 0.6 is 22.9 Å². The van der Waals surface area contributed by atoms with E-state index in [4.69, 9.17) is 16.3 Å². The zero-order valence-corrected chi connectivity index (χ0v) is 20.8. The number of thiophene rings is 1.